The number of rotatable bonds is 3. The van der Waals surface area contributed by atoms with Crippen LogP contribution in [0.4, 0.5) is 0 Å². The maximum atomic E-state index is 11.4. The third kappa shape index (κ3) is 2.64. The molecule has 96 valence electrons. The van der Waals surface area contributed by atoms with Crippen molar-refractivity contribution in [2.24, 2.45) is 0 Å². The van der Waals surface area contributed by atoms with Crippen LogP contribution in [0.15, 0.2) is 29.2 Å². The highest BCUT2D eigenvalue weighted by Gasteiger charge is 2.37. The quantitative estimate of drug-likeness (QED) is 0.516. The minimum atomic E-state index is -0.733. The van der Waals surface area contributed by atoms with Gasteiger partial charge in [-0.15, -0.1) is 11.8 Å². The molecule has 2 atom stereocenters. The van der Waals surface area contributed by atoms with Crippen molar-refractivity contribution in [3.8, 4) is 0 Å². The van der Waals surface area contributed by atoms with Crippen LogP contribution < -0.4 is 5.32 Å². The summed E-state index contributed by atoms with van der Waals surface area (Å²) < 4.78 is 0. The van der Waals surface area contributed by atoms with E-state index in [9.17, 15) is 14.9 Å². The predicted octanol–water partition coefficient (Wildman–Crippen LogP) is 2.00. The standard InChI is InChI=1S/C12H14N2O3S/c1-18-9-4-2-8(3-5-9)12-10(14(16)17)6-7-11(15)13-12/h2-5,10,12H,6-7H2,1H3,(H,13,15)/t10-,12+/m0/s1. The molecule has 1 saturated heterocycles. The van der Waals surface area contributed by atoms with Gasteiger partial charge < -0.3 is 5.32 Å². The van der Waals surface area contributed by atoms with Crippen LogP contribution in [0.3, 0.4) is 0 Å². The van der Waals surface area contributed by atoms with E-state index in [0.29, 0.717) is 6.42 Å². The number of carbonyl (C=O) groups is 1. The van der Waals surface area contributed by atoms with Crippen molar-refractivity contribution < 1.29 is 9.72 Å². The Morgan fingerprint density at radius 2 is 2.06 bits per heavy atom. The SMILES string of the molecule is CSc1ccc([C@H]2NC(=O)CC[C@@H]2[N+](=O)[O-])cc1. The van der Waals surface area contributed by atoms with Gasteiger partial charge in [0.1, 0.15) is 6.04 Å². The number of hydrogen-bond acceptors (Lipinski definition) is 4. The summed E-state index contributed by atoms with van der Waals surface area (Å²) in [6, 6.07) is 6.27. The number of hydrogen-bond donors (Lipinski definition) is 1. The van der Waals surface area contributed by atoms with E-state index in [4.69, 9.17) is 0 Å². The van der Waals surface area contributed by atoms with E-state index in [1.165, 1.54) is 0 Å². The van der Waals surface area contributed by atoms with Crippen LogP contribution in [0.5, 0.6) is 0 Å². The van der Waals surface area contributed by atoms with Gasteiger partial charge in [0.05, 0.1) is 0 Å². The van der Waals surface area contributed by atoms with Crippen molar-refractivity contribution in [3.05, 3.63) is 39.9 Å². The molecule has 0 aromatic heterocycles. The highest BCUT2D eigenvalue weighted by molar-refractivity contribution is 7.98. The third-order valence-electron chi connectivity index (χ3n) is 3.11. The Labute approximate surface area is 109 Å². The van der Waals surface area contributed by atoms with E-state index in [1.807, 2.05) is 30.5 Å². The van der Waals surface area contributed by atoms with Crippen molar-refractivity contribution in [1.29, 1.82) is 0 Å². The van der Waals surface area contributed by atoms with Crippen molar-refractivity contribution in [2.45, 2.75) is 29.8 Å². The van der Waals surface area contributed by atoms with Crippen molar-refractivity contribution in [1.82, 2.24) is 5.32 Å². The average Bonchev–Trinajstić information content (AvgIpc) is 2.38. The van der Waals surface area contributed by atoms with Crippen molar-refractivity contribution in [2.75, 3.05) is 6.26 Å². The Balaban J connectivity index is 2.25. The fraction of sp³-hybridized carbons (Fsp3) is 0.417. The first-order chi connectivity index (χ1) is 8.61. The number of nitro groups is 1. The maximum Gasteiger partial charge on any atom is 0.237 e. The molecule has 18 heavy (non-hydrogen) atoms. The van der Waals surface area contributed by atoms with Gasteiger partial charge in [-0.1, -0.05) is 12.1 Å². The molecule has 6 heteroatoms. The first-order valence-corrected chi connectivity index (χ1v) is 6.91. The highest BCUT2D eigenvalue weighted by Crippen LogP contribution is 2.27. The van der Waals surface area contributed by atoms with Crippen LogP contribution in [0.1, 0.15) is 24.4 Å². The van der Waals surface area contributed by atoms with Gasteiger partial charge in [-0.2, -0.15) is 0 Å². The molecule has 1 aromatic rings. The molecule has 1 aliphatic heterocycles. The molecule has 0 aliphatic carbocycles. The topological polar surface area (TPSA) is 72.2 Å². The third-order valence-corrected chi connectivity index (χ3v) is 3.86. The zero-order valence-corrected chi connectivity index (χ0v) is 10.8. The van der Waals surface area contributed by atoms with Crippen molar-refractivity contribution >= 4 is 17.7 Å². The summed E-state index contributed by atoms with van der Waals surface area (Å²) in [5.74, 6) is -0.118. The molecule has 2 rings (SSSR count). The number of nitrogens with zero attached hydrogens (tertiary/aromatic N) is 1. The predicted molar refractivity (Wildman–Crippen MR) is 69.1 cm³/mol. The average molecular weight is 266 g/mol. The number of thioether (sulfide) groups is 1. The highest BCUT2D eigenvalue weighted by atomic mass is 32.2. The second kappa shape index (κ2) is 5.39. The molecule has 1 aromatic carbocycles. The second-order valence-corrected chi connectivity index (χ2v) is 5.09. The molecule has 0 bridgehead atoms. The molecular formula is C12H14N2O3S. The number of carbonyl (C=O) groups excluding carboxylic acids is 1. The first-order valence-electron chi connectivity index (χ1n) is 5.68. The van der Waals surface area contributed by atoms with E-state index in [0.717, 1.165) is 10.5 Å². The van der Waals surface area contributed by atoms with Gasteiger partial charge in [0.25, 0.3) is 0 Å². The van der Waals surface area contributed by atoms with Crippen LogP contribution in [-0.4, -0.2) is 23.1 Å². The van der Waals surface area contributed by atoms with Gasteiger partial charge in [0, 0.05) is 22.7 Å². The summed E-state index contributed by atoms with van der Waals surface area (Å²) in [6.45, 7) is 0. The van der Waals surface area contributed by atoms with E-state index in [1.54, 1.807) is 11.8 Å². The summed E-state index contributed by atoms with van der Waals surface area (Å²) in [4.78, 5) is 23.2. The monoisotopic (exact) mass is 266 g/mol. The summed E-state index contributed by atoms with van der Waals surface area (Å²) in [6.07, 6.45) is 2.50. The van der Waals surface area contributed by atoms with Crippen LogP contribution >= 0.6 is 11.8 Å². The second-order valence-electron chi connectivity index (χ2n) is 4.21. The molecule has 1 fully saturated rings. The molecule has 0 saturated carbocycles. The summed E-state index contributed by atoms with van der Waals surface area (Å²) in [5, 5.41) is 13.7. The fourth-order valence-corrected chi connectivity index (χ4v) is 2.54. The Hall–Kier alpha value is -1.56. The summed E-state index contributed by atoms with van der Waals surface area (Å²) >= 11 is 1.61. The van der Waals surface area contributed by atoms with E-state index in [2.05, 4.69) is 5.32 Å². The maximum absolute atomic E-state index is 11.4. The zero-order valence-electron chi connectivity index (χ0n) is 9.96. The van der Waals surface area contributed by atoms with Gasteiger partial charge in [-0.3, -0.25) is 14.9 Å². The Bertz CT molecular complexity index is 461. The number of nitrogens with one attached hydrogen (secondary N) is 1. The largest absolute Gasteiger partial charge is 0.343 e. The van der Waals surface area contributed by atoms with Gasteiger partial charge in [0.2, 0.25) is 11.9 Å². The Morgan fingerprint density at radius 3 is 2.61 bits per heavy atom. The van der Waals surface area contributed by atoms with Crippen molar-refractivity contribution in [3.63, 3.8) is 0 Å². The van der Waals surface area contributed by atoms with Gasteiger partial charge >= 0.3 is 0 Å². The fourth-order valence-electron chi connectivity index (χ4n) is 2.13. The lowest BCUT2D eigenvalue weighted by Crippen LogP contribution is -2.45. The van der Waals surface area contributed by atoms with E-state index < -0.39 is 12.1 Å². The molecule has 1 amide bonds. The molecule has 5 nitrogen and oxygen atoms in total. The molecular weight excluding hydrogens is 252 g/mol. The Morgan fingerprint density at radius 1 is 1.39 bits per heavy atom. The zero-order chi connectivity index (χ0) is 13.1. The van der Waals surface area contributed by atoms with Crippen LogP contribution in [0.25, 0.3) is 0 Å². The number of benzene rings is 1. The first kappa shape index (κ1) is 12.9. The van der Waals surface area contributed by atoms with Gasteiger partial charge in [0.15, 0.2) is 0 Å². The van der Waals surface area contributed by atoms with Crippen LogP contribution in [-0.2, 0) is 4.79 Å². The van der Waals surface area contributed by atoms with Crippen LogP contribution in [0.2, 0.25) is 0 Å². The molecule has 0 spiro atoms. The molecule has 1 aliphatic rings. The minimum absolute atomic E-state index is 0.118. The van der Waals surface area contributed by atoms with E-state index in [-0.39, 0.29) is 17.3 Å². The lowest BCUT2D eigenvalue weighted by atomic mass is 9.92. The molecule has 1 N–H and O–H groups in total. The number of piperidine rings is 1. The lowest BCUT2D eigenvalue weighted by Gasteiger charge is -2.26. The van der Waals surface area contributed by atoms with Gasteiger partial charge in [-0.05, 0) is 24.0 Å². The van der Waals surface area contributed by atoms with Gasteiger partial charge in [-0.25, -0.2) is 0 Å². The number of amides is 1. The van der Waals surface area contributed by atoms with Crippen LogP contribution in [0, 0.1) is 10.1 Å². The van der Waals surface area contributed by atoms with E-state index >= 15 is 0 Å². The summed E-state index contributed by atoms with van der Waals surface area (Å²) in [7, 11) is 0. The lowest BCUT2D eigenvalue weighted by molar-refractivity contribution is -0.529. The normalized spacial score (nSPS) is 23.5. The Kier molecular flexibility index (Phi) is 3.86. The smallest absolute Gasteiger partial charge is 0.237 e. The molecule has 0 radical (unpaired) electrons. The summed E-state index contributed by atoms with van der Waals surface area (Å²) in [5.41, 5.74) is 0.794. The minimum Gasteiger partial charge on any atom is -0.343 e. The molecule has 0 unspecified atom stereocenters. The molecule has 1 heterocycles.